The van der Waals surface area contributed by atoms with Crippen LogP contribution >= 0.6 is 0 Å². The van der Waals surface area contributed by atoms with Crippen LogP contribution in [0.3, 0.4) is 0 Å². The number of aromatic nitrogens is 2. The lowest BCUT2D eigenvalue weighted by molar-refractivity contribution is 0.388. The number of anilines is 1. The van der Waals surface area contributed by atoms with Gasteiger partial charge in [0.1, 0.15) is 17.3 Å². The fraction of sp³-hybridized carbons (Fsp3) is 0.438. The summed E-state index contributed by atoms with van der Waals surface area (Å²) in [6.45, 7) is 0.603. The molecular formula is C16H21N3O2. The summed E-state index contributed by atoms with van der Waals surface area (Å²) in [7, 11) is 3.30. The maximum atomic E-state index is 6.09. The van der Waals surface area contributed by atoms with E-state index in [2.05, 4.69) is 5.10 Å². The van der Waals surface area contributed by atoms with Crippen LogP contribution in [0.5, 0.6) is 11.5 Å². The van der Waals surface area contributed by atoms with Crippen molar-refractivity contribution in [2.45, 2.75) is 31.7 Å². The van der Waals surface area contributed by atoms with Gasteiger partial charge in [0.25, 0.3) is 0 Å². The van der Waals surface area contributed by atoms with Crippen molar-refractivity contribution in [3.05, 3.63) is 35.5 Å². The second-order valence-corrected chi connectivity index (χ2v) is 5.46. The van der Waals surface area contributed by atoms with Crippen molar-refractivity contribution in [2.75, 3.05) is 20.0 Å². The smallest absolute Gasteiger partial charge is 0.127 e. The van der Waals surface area contributed by atoms with Gasteiger partial charge in [0, 0.05) is 23.6 Å². The molecule has 0 amide bonds. The molecule has 1 aromatic carbocycles. The molecule has 112 valence electrons. The minimum Gasteiger partial charge on any atom is -0.497 e. The van der Waals surface area contributed by atoms with Crippen LogP contribution in [0.1, 0.15) is 36.4 Å². The Morgan fingerprint density at radius 2 is 2.05 bits per heavy atom. The molecule has 0 unspecified atom stereocenters. The lowest BCUT2D eigenvalue weighted by atomic mass is 9.83. The Hall–Kier alpha value is -2.17. The molecule has 0 atom stereocenters. The van der Waals surface area contributed by atoms with Gasteiger partial charge in [-0.3, -0.25) is 0 Å². The molecule has 3 rings (SSSR count). The fourth-order valence-electron chi connectivity index (χ4n) is 2.63. The first-order valence-electron chi connectivity index (χ1n) is 7.25. The van der Waals surface area contributed by atoms with Gasteiger partial charge in [0.15, 0.2) is 0 Å². The zero-order chi connectivity index (χ0) is 14.8. The minimum atomic E-state index is 0.589. The van der Waals surface area contributed by atoms with Gasteiger partial charge < -0.3 is 15.2 Å². The number of nitrogens with two attached hydrogens (primary N) is 1. The standard InChI is InChI=1S/C16H21N3O2/c1-20-13-7-6-12(15(8-13)21-2)10-19-16(17)9-14(18-19)11-4-3-5-11/h6-9,11H,3-5,10,17H2,1-2H3. The Balaban J connectivity index is 1.84. The molecule has 0 bridgehead atoms. The largest absolute Gasteiger partial charge is 0.497 e. The van der Waals surface area contributed by atoms with Gasteiger partial charge in [-0.25, -0.2) is 4.68 Å². The summed E-state index contributed by atoms with van der Waals surface area (Å²) < 4.78 is 12.5. The molecule has 21 heavy (non-hydrogen) atoms. The van der Waals surface area contributed by atoms with Gasteiger partial charge in [0.2, 0.25) is 0 Å². The predicted molar refractivity (Wildman–Crippen MR) is 81.9 cm³/mol. The Labute approximate surface area is 124 Å². The molecule has 1 aliphatic rings. The van der Waals surface area contributed by atoms with Gasteiger partial charge in [-0.2, -0.15) is 5.10 Å². The minimum absolute atomic E-state index is 0.589. The quantitative estimate of drug-likeness (QED) is 0.918. The first-order chi connectivity index (χ1) is 10.2. The van der Waals surface area contributed by atoms with E-state index in [1.165, 1.54) is 19.3 Å². The molecule has 5 heteroatoms. The molecule has 0 radical (unpaired) electrons. The molecule has 1 fully saturated rings. The Kier molecular flexibility index (Phi) is 3.73. The average molecular weight is 287 g/mol. The van der Waals surface area contributed by atoms with E-state index < -0.39 is 0 Å². The third kappa shape index (κ3) is 2.68. The normalized spacial score (nSPS) is 14.8. The number of hydrogen-bond donors (Lipinski definition) is 1. The molecule has 0 spiro atoms. The summed E-state index contributed by atoms with van der Waals surface area (Å²) in [5, 5.41) is 4.65. The van der Waals surface area contributed by atoms with E-state index in [0.717, 1.165) is 22.8 Å². The van der Waals surface area contributed by atoms with E-state index >= 15 is 0 Å². The molecule has 5 nitrogen and oxygen atoms in total. The second-order valence-electron chi connectivity index (χ2n) is 5.46. The van der Waals surface area contributed by atoms with Gasteiger partial charge >= 0.3 is 0 Å². The summed E-state index contributed by atoms with van der Waals surface area (Å²) in [4.78, 5) is 0. The second kappa shape index (κ2) is 5.68. The van der Waals surface area contributed by atoms with Crippen molar-refractivity contribution in [3.63, 3.8) is 0 Å². The van der Waals surface area contributed by atoms with E-state index in [4.69, 9.17) is 15.2 Å². The average Bonchev–Trinajstić information content (AvgIpc) is 2.78. The highest BCUT2D eigenvalue weighted by atomic mass is 16.5. The molecular weight excluding hydrogens is 266 g/mol. The zero-order valence-corrected chi connectivity index (χ0v) is 12.5. The molecule has 1 heterocycles. The van der Waals surface area contributed by atoms with Gasteiger partial charge in [-0.15, -0.1) is 0 Å². The van der Waals surface area contributed by atoms with E-state index in [9.17, 15) is 0 Å². The third-order valence-electron chi connectivity index (χ3n) is 4.17. The highest BCUT2D eigenvalue weighted by Crippen LogP contribution is 2.36. The van der Waals surface area contributed by atoms with Crippen LogP contribution in [0, 0.1) is 0 Å². The topological polar surface area (TPSA) is 62.3 Å². The van der Waals surface area contributed by atoms with Crippen LogP contribution < -0.4 is 15.2 Å². The number of hydrogen-bond acceptors (Lipinski definition) is 4. The van der Waals surface area contributed by atoms with Crippen molar-refractivity contribution in [1.82, 2.24) is 9.78 Å². The molecule has 1 saturated carbocycles. The van der Waals surface area contributed by atoms with E-state index in [0.29, 0.717) is 18.3 Å². The van der Waals surface area contributed by atoms with Crippen molar-refractivity contribution >= 4 is 5.82 Å². The van der Waals surface area contributed by atoms with Gasteiger partial charge in [-0.05, 0) is 25.0 Å². The predicted octanol–water partition coefficient (Wildman–Crippen LogP) is 2.80. The highest BCUT2D eigenvalue weighted by Gasteiger charge is 2.23. The molecule has 0 aliphatic heterocycles. The fourth-order valence-corrected chi connectivity index (χ4v) is 2.63. The number of ether oxygens (including phenoxy) is 2. The summed E-state index contributed by atoms with van der Waals surface area (Å²) in [6.07, 6.45) is 3.74. The number of nitrogens with zero attached hydrogens (tertiary/aromatic N) is 2. The number of rotatable bonds is 5. The number of benzene rings is 1. The van der Waals surface area contributed by atoms with Crippen molar-refractivity contribution in [2.24, 2.45) is 0 Å². The van der Waals surface area contributed by atoms with E-state index in [1.54, 1.807) is 14.2 Å². The summed E-state index contributed by atoms with van der Waals surface area (Å²) in [5.74, 6) is 2.86. The van der Waals surface area contributed by atoms with Crippen LogP contribution in [-0.4, -0.2) is 24.0 Å². The van der Waals surface area contributed by atoms with Crippen LogP contribution in [0.2, 0.25) is 0 Å². The molecule has 1 aliphatic carbocycles. The van der Waals surface area contributed by atoms with Crippen LogP contribution in [0.25, 0.3) is 0 Å². The Morgan fingerprint density at radius 3 is 2.67 bits per heavy atom. The molecule has 0 saturated heterocycles. The third-order valence-corrected chi connectivity index (χ3v) is 4.17. The molecule has 2 N–H and O–H groups in total. The SMILES string of the molecule is COc1ccc(Cn2nc(C3CCC3)cc2N)c(OC)c1. The van der Waals surface area contributed by atoms with Crippen molar-refractivity contribution in [1.29, 1.82) is 0 Å². The maximum Gasteiger partial charge on any atom is 0.127 e. The van der Waals surface area contributed by atoms with Crippen molar-refractivity contribution in [3.8, 4) is 11.5 Å². The number of methoxy groups -OCH3 is 2. The summed E-state index contributed by atoms with van der Waals surface area (Å²) in [6, 6.07) is 7.79. The number of nitrogen functional groups attached to an aromatic ring is 1. The van der Waals surface area contributed by atoms with E-state index in [1.807, 2.05) is 28.9 Å². The van der Waals surface area contributed by atoms with Crippen LogP contribution in [-0.2, 0) is 6.54 Å². The summed E-state index contributed by atoms with van der Waals surface area (Å²) >= 11 is 0. The first kappa shape index (κ1) is 13.8. The monoisotopic (exact) mass is 287 g/mol. The first-order valence-corrected chi connectivity index (χ1v) is 7.25. The van der Waals surface area contributed by atoms with Gasteiger partial charge in [-0.1, -0.05) is 6.42 Å². The van der Waals surface area contributed by atoms with Crippen molar-refractivity contribution < 1.29 is 9.47 Å². The molecule has 2 aromatic rings. The maximum absolute atomic E-state index is 6.09. The Bertz CT molecular complexity index is 632. The van der Waals surface area contributed by atoms with E-state index in [-0.39, 0.29) is 0 Å². The molecule has 1 aromatic heterocycles. The van der Waals surface area contributed by atoms with Crippen LogP contribution in [0.15, 0.2) is 24.3 Å². The lowest BCUT2D eigenvalue weighted by Crippen LogP contribution is -2.11. The van der Waals surface area contributed by atoms with Gasteiger partial charge in [0.05, 0.1) is 26.5 Å². The lowest BCUT2D eigenvalue weighted by Gasteiger charge is -2.22. The van der Waals surface area contributed by atoms with Crippen LogP contribution in [0.4, 0.5) is 5.82 Å². The summed E-state index contributed by atoms with van der Waals surface area (Å²) in [5.41, 5.74) is 8.24. The Morgan fingerprint density at radius 1 is 1.24 bits per heavy atom. The zero-order valence-electron chi connectivity index (χ0n) is 12.5. The highest BCUT2D eigenvalue weighted by molar-refractivity contribution is 5.42.